The van der Waals surface area contributed by atoms with E-state index in [0.717, 1.165) is 44.1 Å². The number of pyridine rings is 2. The zero-order chi connectivity index (χ0) is 27.0. The average molecular weight is 699 g/mol. The zero-order valence-corrected chi connectivity index (χ0v) is 24.5. The van der Waals surface area contributed by atoms with Gasteiger partial charge in [-0.2, -0.15) is 0 Å². The van der Waals surface area contributed by atoms with Crippen molar-refractivity contribution >= 4 is 33.1 Å². The molecule has 0 fully saturated rings. The molecule has 6 rings (SSSR count). The molecule has 0 aliphatic rings. The molecule has 2 aromatic heterocycles. The largest absolute Gasteiger partial charge is 0.298 e. The van der Waals surface area contributed by atoms with Crippen molar-refractivity contribution in [2.24, 2.45) is 0 Å². The van der Waals surface area contributed by atoms with Crippen LogP contribution >= 0.6 is 0 Å². The third kappa shape index (κ3) is 4.48. The van der Waals surface area contributed by atoms with Gasteiger partial charge in [-0.3, -0.25) is 19.6 Å². The molecule has 40 heavy (non-hydrogen) atoms. The van der Waals surface area contributed by atoms with Crippen LogP contribution in [-0.4, -0.2) is 21.5 Å². The quantitative estimate of drug-likeness (QED) is 0.169. The molecule has 197 valence electrons. The van der Waals surface area contributed by atoms with Crippen molar-refractivity contribution in [3.8, 4) is 22.5 Å². The minimum atomic E-state index is -1.68. The number of benzene rings is 4. The fraction of sp³-hybridized carbons (Fsp3) is 0.0857. The Morgan fingerprint density at radius 1 is 0.525 bits per heavy atom. The van der Waals surface area contributed by atoms with E-state index in [-0.39, 0.29) is 31.7 Å². The van der Waals surface area contributed by atoms with Crippen molar-refractivity contribution in [3.63, 3.8) is 0 Å². The molecule has 2 heterocycles. The molecular formula is C35H26IrN2O2. The number of rotatable bonds is 6. The van der Waals surface area contributed by atoms with Crippen LogP contribution in [0.3, 0.4) is 0 Å². The van der Waals surface area contributed by atoms with Gasteiger partial charge in [0.1, 0.15) is 0 Å². The van der Waals surface area contributed by atoms with Crippen LogP contribution in [0.1, 0.15) is 25.2 Å². The Morgan fingerprint density at radius 2 is 0.875 bits per heavy atom. The van der Waals surface area contributed by atoms with Crippen molar-refractivity contribution in [1.29, 1.82) is 0 Å². The number of nitrogens with zero attached hydrogens (tertiary/aromatic N) is 2. The van der Waals surface area contributed by atoms with Gasteiger partial charge in [-0.25, -0.2) is 0 Å². The first-order chi connectivity index (χ1) is 19.0. The molecule has 0 saturated heterocycles. The average Bonchev–Trinajstić information content (AvgIpc) is 2.97. The van der Waals surface area contributed by atoms with Gasteiger partial charge in [0.2, 0.25) is 0 Å². The topological polar surface area (TPSA) is 59.9 Å². The Kier molecular flexibility index (Phi) is 7.53. The summed E-state index contributed by atoms with van der Waals surface area (Å²) in [6, 6.07) is 39.3. The van der Waals surface area contributed by atoms with Crippen LogP contribution < -0.4 is 0 Å². The summed E-state index contributed by atoms with van der Waals surface area (Å²) in [6.07, 6.45) is 0. The normalized spacial score (nSPS) is 11.2. The molecular weight excluding hydrogens is 673 g/mol. The van der Waals surface area contributed by atoms with Crippen LogP contribution in [-0.2, 0) is 35.1 Å². The molecule has 0 amide bonds. The number of hydrogen-bond acceptors (Lipinski definition) is 4. The number of carbonyl (C=O) groups excluding carboxylic acids is 2. The summed E-state index contributed by atoms with van der Waals surface area (Å²) in [6.45, 7) is 2.92. The van der Waals surface area contributed by atoms with Gasteiger partial charge < -0.3 is 0 Å². The smallest absolute Gasteiger partial charge is 0.170 e. The molecule has 0 bridgehead atoms. The Bertz CT molecular complexity index is 1730. The van der Waals surface area contributed by atoms with Gasteiger partial charge in [-0.15, -0.1) is 0 Å². The van der Waals surface area contributed by atoms with Gasteiger partial charge >= 0.3 is 0 Å². The molecule has 0 saturated carbocycles. The molecule has 1 radical (unpaired) electrons. The van der Waals surface area contributed by atoms with Crippen LogP contribution in [0.5, 0.6) is 0 Å². The van der Waals surface area contributed by atoms with E-state index in [2.05, 4.69) is 0 Å². The van der Waals surface area contributed by atoms with Crippen molar-refractivity contribution in [3.05, 3.63) is 133 Å². The van der Waals surface area contributed by atoms with Gasteiger partial charge in [-0.1, -0.05) is 109 Å². The van der Waals surface area contributed by atoms with Crippen LogP contribution in [0, 0.1) is 0 Å². The maximum atomic E-state index is 13.8. The Labute approximate surface area is 246 Å². The fourth-order valence-electron chi connectivity index (χ4n) is 5.51. The van der Waals surface area contributed by atoms with Crippen molar-refractivity contribution in [1.82, 2.24) is 9.97 Å². The first-order valence-electron chi connectivity index (χ1n) is 12.9. The predicted molar refractivity (Wildman–Crippen MR) is 156 cm³/mol. The number of Topliss-reactive ketones (excluding diaryl/α,β-unsaturated/α-hetero) is 2. The maximum absolute atomic E-state index is 13.8. The van der Waals surface area contributed by atoms with Gasteiger partial charge in [0.15, 0.2) is 17.0 Å². The van der Waals surface area contributed by atoms with Gasteiger partial charge in [0.25, 0.3) is 0 Å². The third-order valence-electron chi connectivity index (χ3n) is 7.40. The van der Waals surface area contributed by atoms with E-state index in [9.17, 15) is 9.59 Å². The summed E-state index contributed by atoms with van der Waals surface area (Å²) >= 11 is 0. The first-order valence-corrected chi connectivity index (χ1v) is 12.9. The van der Waals surface area contributed by atoms with Crippen molar-refractivity contribution in [2.75, 3.05) is 0 Å². The molecule has 6 aromatic rings. The van der Waals surface area contributed by atoms with E-state index in [4.69, 9.17) is 9.97 Å². The molecule has 4 aromatic carbocycles. The maximum Gasteiger partial charge on any atom is 0.170 e. The fourth-order valence-corrected chi connectivity index (χ4v) is 5.51. The SMILES string of the molecule is CC(=O)C(C(C)=O)(c1cc2ccccc2c(-c2ccccc2)n1)c1cc2ccccc2c(-c2ccccc2)n1.[Ir]. The number of aromatic nitrogens is 2. The van der Waals surface area contributed by atoms with E-state index in [1.165, 1.54) is 13.8 Å². The van der Waals surface area contributed by atoms with Crippen molar-refractivity contribution < 1.29 is 29.7 Å². The van der Waals surface area contributed by atoms with Gasteiger partial charge in [-0.05, 0) is 36.8 Å². The zero-order valence-electron chi connectivity index (χ0n) is 22.1. The van der Waals surface area contributed by atoms with Gasteiger partial charge in [0.05, 0.1) is 22.8 Å². The molecule has 0 aliphatic carbocycles. The van der Waals surface area contributed by atoms with E-state index >= 15 is 0 Å². The summed E-state index contributed by atoms with van der Waals surface area (Å²) < 4.78 is 0. The molecule has 0 atom stereocenters. The second-order valence-electron chi connectivity index (χ2n) is 9.75. The minimum absolute atomic E-state index is 0. The number of carbonyl (C=O) groups is 2. The summed E-state index contributed by atoms with van der Waals surface area (Å²) in [5.74, 6) is -0.642. The van der Waals surface area contributed by atoms with Crippen LogP contribution in [0.25, 0.3) is 44.1 Å². The van der Waals surface area contributed by atoms with E-state index in [0.29, 0.717) is 11.4 Å². The summed E-state index contributed by atoms with van der Waals surface area (Å²) in [5, 5.41) is 3.70. The van der Waals surface area contributed by atoms with E-state index < -0.39 is 5.41 Å². The molecule has 0 N–H and O–H groups in total. The second kappa shape index (κ2) is 11.1. The number of ketones is 2. The number of fused-ring (bicyclic) bond motifs is 2. The van der Waals surface area contributed by atoms with Crippen LogP contribution in [0.15, 0.2) is 121 Å². The molecule has 0 aliphatic heterocycles. The van der Waals surface area contributed by atoms with E-state index in [1.54, 1.807) is 0 Å². The van der Waals surface area contributed by atoms with Crippen LogP contribution in [0.2, 0.25) is 0 Å². The molecule has 5 heteroatoms. The first kappa shape index (κ1) is 27.3. The summed E-state index contributed by atoms with van der Waals surface area (Å²) in [4.78, 5) is 37.7. The molecule has 0 spiro atoms. The third-order valence-corrected chi connectivity index (χ3v) is 7.40. The van der Waals surface area contributed by atoms with E-state index in [1.807, 2.05) is 121 Å². The Balaban J connectivity index is 0.00000323. The Morgan fingerprint density at radius 3 is 1.25 bits per heavy atom. The Hall–Kier alpha value is -4.31. The molecule has 0 unspecified atom stereocenters. The summed E-state index contributed by atoms with van der Waals surface area (Å²) in [7, 11) is 0. The standard InChI is InChI=1S/C35H26N2O2.Ir/c1-23(38)35(24(2)39,31-21-27-17-9-11-19-29(27)33(36-31)25-13-5-3-6-14-25)32-22-28-18-10-12-20-30(28)34(37-32)26-15-7-4-8-16-26;/h3-22H,1-2H3;. The number of hydrogen-bond donors (Lipinski definition) is 0. The van der Waals surface area contributed by atoms with Gasteiger partial charge in [0, 0.05) is 42.0 Å². The minimum Gasteiger partial charge on any atom is -0.298 e. The molecule has 4 nitrogen and oxygen atoms in total. The van der Waals surface area contributed by atoms with Crippen LogP contribution in [0.4, 0.5) is 0 Å². The second-order valence-corrected chi connectivity index (χ2v) is 9.75. The predicted octanol–water partition coefficient (Wildman–Crippen LogP) is 7.58. The van der Waals surface area contributed by atoms with Crippen molar-refractivity contribution in [2.45, 2.75) is 19.3 Å². The monoisotopic (exact) mass is 699 g/mol. The summed E-state index contributed by atoms with van der Waals surface area (Å²) in [5.41, 5.74) is 2.34.